The molecule has 1 aromatic rings. The maximum atomic E-state index is 9.55. The molecule has 0 aromatic heterocycles. The van der Waals surface area contributed by atoms with E-state index in [1.54, 1.807) is 0 Å². The van der Waals surface area contributed by atoms with Gasteiger partial charge >= 0.3 is 0 Å². The third kappa shape index (κ3) is 4.75. The molecule has 0 fully saturated rings. The number of aliphatic hydroxyl groups is 1. The van der Waals surface area contributed by atoms with Gasteiger partial charge in [-0.1, -0.05) is 32.9 Å². The lowest BCUT2D eigenvalue weighted by Gasteiger charge is -2.19. The number of aliphatic hydroxyl groups excluding tert-OH is 1. The van der Waals surface area contributed by atoms with E-state index in [-0.39, 0.29) is 11.5 Å². The van der Waals surface area contributed by atoms with Crippen molar-refractivity contribution in [3.05, 3.63) is 29.8 Å². The summed E-state index contributed by atoms with van der Waals surface area (Å²) >= 11 is 0. The highest BCUT2D eigenvalue weighted by molar-refractivity contribution is 5.45. The quantitative estimate of drug-likeness (QED) is 0.734. The first kappa shape index (κ1) is 14.0. The van der Waals surface area contributed by atoms with Gasteiger partial charge in [0.25, 0.3) is 0 Å². The largest absolute Gasteiger partial charge is 0.391 e. The predicted molar refractivity (Wildman–Crippen MR) is 73.3 cm³/mol. The number of nitrogens with one attached hydrogen (secondary N) is 1. The zero-order valence-corrected chi connectivity index (χ0v) is 11.0. The molecule has 1 atom stereocenters. The third-order valence-corrected chi connectivity index (χ3v) is 2.79. The van der Waals surface area contributed by atoms with Crippen LogP contribution in [0, 0.1) is 0 Å². The third-order valence-electron chi connectivity index (χ3n) is 2.79. The minimum atomic E-state index is -0.373. The molecule has 0 aliphatic carbocycles. The fraction of sp³-hybridized carbons (Fsp3) is 0.571. The summed E-state index contributed by atoms with van der Waals surface area (Å²) in [7, 11) is 0. The van der Waals surface area contributed by atoms with Gasteiger partial charge in [-0.2, -0.15) is 0 Å². The SMILES string of the molecule is CC(C)(C)c1ccc(NCC(O)CCN)cc1. The molecule has 3 heteroatoms. The minimum absolute atomic E-state index is 0.178. The van der Waals surface area contributed by atoms with E-state index in [9.17, 15) is 5.11 Å². The summed E-state index contributed by atoms with van der Waals surface area (Å²) in [5, 5.41) is 12.8. The molecule has 0 radical (unpaired) electrons. The van der Waals surface area contributed by atoms with Gasteiger partial charge in [0.1, 0.15) is 0 Å². The van der Waals surface area contributed by atoms with E-state index in [4.69, 9.17) is 5.73 Å². The van der Waals surface area contributed by atoms with E-state index in [1.165, 1.54) is 5.56 Å². The van der Waals surface area contributed by atoms with Crippen LogP contribution in [0.1, 0.15) is 32.8 Å². The van der Waals surface area contributed by atoms with Crippen molar-refractivity contribution in [1.82, 2.24) is 0 Å². The van der Waals surface area contributed by atoms with Gasteiger partial charge in [-0.05, 0) is 36.1 Å². The summed E-state index contributed by atoms with van der Waals surface area (Å²) in [6, 6.07) is 8.35. The summed E-state index contributed by atoms with van der Waals surface area (Å²) in [6.45, 7) is 7.65. The van der Waals surface area contributed by atoms with Crippen molar-refractivity contribution in [2.75, 3.05) is 18.4 Å². The summed E-state index contributed by atoms with van der Waals surface area (Å²) in [5.41, 5.74) is 7.90. The van der Waals surface area contributed by atoms with Crippen molar-refractivity contribution < 1.29 is 5.11 Å². The molecule has 0 aliphatic heterocycles. The van der Waals surface area contributed by atoms with Crippen LogP contribution < -0.4 is 11.1 Å². The lowest BCUT2D eigenvalue weighted by molar-refractivity contribution is 0.180. The van der Waals surface area contributed by atoms with Crippen molar-refractivity contribution in [2.45, 2.75) is 38.7 Å². The topological polar surface area (TPSA) is 58.3 Å². The molecule has 0 amide bonds. The number of hydrogen-bond acceptors (Lipinski definition) is 3. The fourth-order valence-corrected chi connectivity index (χ4v) is 1.62. The maximum Gasteiger partial charge on any atom is 0.0724 e. The van der Waals surface area contributed by atoms with E-state index in [2.05, 4.69) is 50.4 Å². The van der Waals surface area contributed by atoms with Crippen LogP contribution in [-0.2, 0) is 5.41 Å². The summed E-state index contributed by atoms with van der Waals surface area (Å²) in [4.78, 5) is 0. The van der Waals surface area contributed by atoms with Crippen molar-refractivity contribution in [2.24, 2.45) is 5.73 Å². The Bertz CT molecular complexity index is 327. The Morgan fingerprint density at radius 1 is 1.24 bits per heavy atom. The van der Waals surface area contributed by atoms with E-state index >= 15 is 0 Å². The summed E-state index contributed by atoms with van der Waals surface area (Å²) in [5.74, 6) is 0. The average molecular weight is 236 g/mol. The van der Waals surface area contributed by atoms with E-state index in [0.29, 0.717) is 19.5 Å². The molecule has 1 unspecified atom stereocenters. The zero-order chi connectivity index (χ0) is 12.9. The van der Waals surface area contributed by atoms with Crippen LogP contribution >= 0.6 is 0 Å². The van der Waals surface area contributed by atoms with Gasteiger partial charge in [0.05, 0.1) is 6.10 Å². The molecule has 3 nitrogen and oxygen atoms in total. The van der Waals surface area contributed by atoms with Crippen molar-refractivity contribution >= 4 is 5.69 Å². The second-order valence-corrected chi connectivity index (χ2v) is 5.44. The highest BCUT2D eigenvalue weighted by atomic mass is 16.3. The van der Waals surface area contributed by atoms with Gasteiger partial charge in [0.2, 0.25) is 0 Å². The molecule has 4 N–H and O–H groups in total. The number of benzene rings is 1. The minimum Gasteiger partial charge on any atom is -0.391 e. The summed E-state index contributed by atoms with van der Waals surface area (Å²) in [6.07, 6.45) is 0.259. The molecule has 96 valence electrons. The number of anilines is 1. The number of rotatable bonds is 5. The first-order valence-electron chi connectivity index (χ1n) is 6.16. The molecule has 17 heavy (non-hydrogen) atoms. The van der Waals surface area contributed by atoms with Crippen molar-refractivity contribution in [3.8, 4) is 0 Å². The molecule has 0 spiro atoms. The fourth-order valence-electron chi connectivity index (χ4n) is 1.62. The summed E-state index contributed by atoms with van der Waals surface area (Å²) < 4.78 is 0. The van der Waals surface area contributed by atoms with Crippen LogP contribution in [0.5, 0.6) is 0 Å². The molecule has 0 bridgehead atoms. The van der Waals surface area contributed by atoms with Crippen LogP contribution in [0.15, 0.2) is 24.3 Å². The Labute approximate surface area is 104 Å². The molecule has 0 saturated carbocycles. The average Bonchev–Trinajstić information content (AvgIpc) is 2.26. The Hall–Kier alpha value is -1.06. The van der Waals surface area contributed by atoms with Crippen LogP contribution in [0.2, 0.25) is 0 Å². The molecule has 0 aliphatic rings. The maximum absolute atomic E-state index is 9.55. The van der Waals surface area contributed by atoms with Gasteiger partial charge in [0, 0.05) is 12.2 Å². The Morgan fingerprint density at radius 2 is 1.82 bits per heavy atom. The van der Waals surface area contributed by atoms with Gasteiger partial charge in [-0.15, -0.1) is 0 Å². The lowest BCUT2D eigenvalue weighted by atomic mass is 9.87. The van der Waals surface area contributed by atoms with Crippen LogP contribution in [0.25, 0.3) is 0 Å². The van der Waals surface area contributed by atoms with Crippen LogP contribution in [0.3, 0.4) is 0 Å². The molecule has 1 aromatic carbocycles. The predicted octanol–water partition coefficient (Wildman–Crippen LogP) is 2.11. The molecule has 1 rings (SSSR count). The van der Waals surface area contributed by atoms with E-state index in [1.807, 2.05) is 0 Å². The molecule has 0 saturated heterocycles. The lowest BCUT2D eigenvalue weighted by Crippen LogP contribution is -2.22. The zero-order valence-electron chi connectivity index (χ0n) is 11.0. The van der Waals surface area contributed by atoms with E-state index < -0.39 is 0 Å². The molecular weight excluding hydrogens is 212 g/mol. The highest BCUT2D eigenvalue weighted by Gasteiger charge is 2.12. The Balaban J connectivity index is 2.51. The second-order valence-electron chi connectivity index (χ2n) is 5.44. The normalized spacial score (nSPS) is 13.5. The first-order chi connectivity index (χ1) is 7.93. The number of nitrogens with two attached hydrogens (primary N) is 1. The van der Waals surface area contributed by atoms with E-state index in [0.717, 1.165) is 5.69 Å². The van der Waals surface area contributed by atoms with Crippen LogP contribution in [0.4, 0.5) is 5.69 Å². The molecular formula is C14H24N2O. The van der Waals surface area contributed by atoms with Crippen molar-refractivity contribution in [3.63, 3.8) is 0 Å². The monoisotopic (exact) mass is 236 g/mol. The van der Waals surface area contributed by atoms with Gasteiger partial charge in [-0.3, -0.25) is 0 Å². The Morgan fingerprint density at radius 3 is 2.29 bits per heavy atom. The molecule has 0 heterocycles. The number of hydrogen-bond donors (Lipinski definition) is 3. The van der Waals surface area contributed by atoms with Gasteiger partial charge in [-0.25, -0.2) is 0 Å². The smallest absolute Gasteiger partial charge is 0.0724 e. The second kappa shape index (κ2) is 6.03. The van der Waals surface area contributed by atoms with Gasteiger partial charge in [0.15, 0.2) is 0 Å². The van der Waals surface area contributed by atoms with Crippen LogP contribution in [-0.4, -0.2) is 24.3 Å². The standard InChI is InChI=1S/C14H24N2O/c1-14(2,3)11-4-6-12(7-5-11)16-10-13(17)8-9-15/h4-7,13,16-17H,8-10,15H2,1-3H3. The van der Waals surface area contributed by atoms with Crippen molar-refractivity contribution in [1.29, 1.82) is 0 Å². The van der Waals surface area contributed by atoms with Gasteiger partial charge < -0.3 is 16.2 Å². The Kier molecular flexibility index (Phi) is 4.97. The highest BCUT2D eigenvalue weighted by Crippen LogP contribution is 2.23. The first-order valence-corrected chi connectivity index (χ1v) is 6.16.